The zero-order valence-electron chi connectivity index (χ0n) is 13.8. The van der Waals surface area contributed by atoms with E-state index in [-0.39, 0.29) is 18.3 Å². The van der Waals surface area contributed by atoms with Gasteiger partial charge in [0.25, 0.3) is 0 Å². The number of rotatable bonds is 10. The van der Waals surface area contributed by atoms with E-state index >= 15 is 0 Å². The fourth-order valence-electron chi connectivity index (χ4n) is 2.09. The molecule has 1 aromatic carbocycles. The molecule has 1 N–H and O–H groups in total. The molecule has 1 amide bonds. The van der Waals surface area contributed by atoms with E-state index < -0.39 is 5.82 Å². The minimum atomic E-state index is -0.397. The summed E-state index contributed by atoms with van der Waals surface area (Å²) >= 11 is 1.41. The van der Waals surface area contributed by atoms with Crippen molar-refractivity contribution < 1.29 is 13.9 Å². The number of aryl methyl sites for hydroxylation is 1. The van der Waals surface area contributed by atoms with Crippen molar-refractivity contribution >= 4 is 22.4 Å². The number of para-hydroxylation sites is 1. The lowest BCUT2D eigenvalue weighted by atomic mass is 10.2. The second-order valence-electron chi connectivity index (χ2n) is 5.39. The van der Waals surface area contributed by atoms with Crippen LogP contribution >= 0.6 is 11.3 Å². The topological polar surface area (TPSA) is 64.1 Å². The van der Waals surface area contributed by atoms with Crippen LogP contribution in [0.2, 0.25) is 0 Å². The number of amides is 1. The van der Waals surface area contributed by atoms with Crippen LogP contribution in [0.25, 0.3) is 0 Å². The number of ether oxygens (including phenoxy) is 1. The molecule has 1 heterocycles. The monoisotopic (exact) mass is 351 g/mol. The first-order valence-electron chi connectivity index (χ1n) is 8.18. The number of carbonyl (C=O) groups is 1. The van der Waals surface area contributed by atoms with E-state index in [0.29, 0.717) is 18.0 Å². The van der Waals surface area contributed by atoms with Crippen LogP contribution in [-0.4, -0.2) is 22.7 Å². The summed E-state index contributed by atoms with van der Waals surface area (Å²) in [7, 11) is 0. The molecule has 24 heavy (non-hydrogen) atoms. The van der Waals surface area contributed by atoms with Crippen molar-refractivity contribution in [1.82, 2.24) is 10.2 Å². The molecule has 0 spiro atoms. The van der Waals surface area contributed by atoms with E-state index in [9.17, 15) is 9.18 Å². The summed E-state index contributed by atoms with van der Waals surface area (Å²) in [5.41, 5.74) is 0. The van der Waals surface area contributed by atoms with Crippen LogP contribution in [0.15, 0.2) is 24.3 Å². The van der Waals surface area contributed by atoms with Crippen molar-refractivity contribution in [2.75, 3.05) is 11.9 Å². The molecule has 0 bridgehead atoms. The van der Waals surface area contributed by atoms with Gasteiger partial charge in [-0.05, 0) is 25.0 Å². The number of anilines is 1. The number of carbonyl (C=O) groups excluding carboxylic acids is 1. The van der Waals surface area contributed by atoms with Gasteiger partial charge < -0.3 is 10.1 Å². The first-order chi connectivity index (χ1) is 11.7. The Morgan fingerprint density at radius 3 is 2.88 bits per heavy atom. The third kappa shape index (κ3) is 6.23. The first-order valence-corrected chi connectivity index (χ1v) is 9.00. The van der Waals surface area contributed by atoms with E-state index in [1.165, 1.54) is 23.8 Å². The molecule has 2 rings (SSSR count). The van der Waals surface area contributed by atoms with Crippen molar-refractivity contribution in [3.8, 4) is 5.75 Å². The van der Waals surface area contributed by atoms with Crippen molar-refractivity contribution in [3.05, 3.63) is 35.1 Å². The lowest BCUT2D eigenvalue weighted by Crippen LogP contribution is -2.12. The maximum absolute atomic E-state index is 13.4. The Hall–Kier alpha value is -2.02. The van der Waals surface area contributed by atoms with E-state index in [2.05, 4.69) is 22.4 Å². The van der Waals surface area contributed by atoms with Gasteiger partial charge in [-0.1, -0.05) is 43.2 Å². The average molecular weight is 351 g/mol. The molecule has 0 aliphatic carbocycles. The fourth-order valence-corrected chi connectivity index (χ4v) is 2.89. The second-order valence-corrected chi connectivity index (χ2v) is 6.45. The van der Waals surface area contributed by atoms with Gasteiger partial charge in [0.1, 0.15) is 5.01 Å². The number of aromatic nitrogens is 2. The smallest absolute Gasteiger partial charge is 0.226 e. The molecule has 5 nitrogen and oxygen atoms in total. The predicted molar refractivity (Wildman–Crippen MR) is 92.9 cm³/mol. The normalized spacial score (nSPS) is 10.6. The molecular formula is C17H22FN3O2S. The summed E-state index contributed by atoms with van der Waals surface area (Å²) < 4.78 is 18.7. The van der Waals surface area contributed by atoms with E-state index in [1.807, 2.05) is 0 Å². The van der Waals surface area contributed by atoms with Crippen LogP contribution < -0.4 is 10.1 Å². The molecule has 0 saturated heterocycles. The number of unbranched alkanes of at least 4 members (excludes halogenated alkanes) is 2. The summed E-state index contributed by atoms with van der Waals surface area (Å²) in [6, 6.07) is 6.22. The van der Waals surface area contributed by atoms with Crippen molar-refractivity contribution in [1.29, 1.82) is 0 Å². The molecule has 0 radical (unpaired) electrons. The molecule has 0 aliphatic heterocycles. The number of halogens is 1. The molecular weight excluding hydrogens is 329 g/mol. The Balaban J connectivity index is 1.65. The number of nitrogens with zero attached hydrogens (tertiary/aromatic N) is 2. The Kier molecular flexibility index (Phi) is 7.61. The van der Waals surface area contributed by atoms with Crippen LogP contribution in [0.1, 0.15) is 44.0 Å². The Bertz CT molecular complexity index is 648. The summed E-state index contributed by atoms with van der Waals surface area (Å²) in [4.78, 5) is 11.9. The highest BCUT2D eigenvalue weighted by Crippen LogP contribution is 2.18. The zero-order chi connectivity index (χ0) is 17.2. The highest BCUT2D eigenvalue weighted by atomic mass is 32.1. The van der Waals surface area contributed by atoms with Gasteiger partial charge in [0.15, 0.2) is 11.6 Å². The molecule has 0 aliphatic rings. The molecule has 1 aromatic heterocycles. The Morgan fingerprint density at radius 2 is 2.08 bits per heavy atom. The number of hydrogen-bond donors (Lipinski definition) is 1. The number of hydrogen-bond acceptors (Lipinski definition) is 5. The number of benzene rings is 1. The van der Waals surface area contributed by atoms with Crippen LogP contribution in [0, 0.1) is 5.82 Å². The SMILES string of the molecule is CCCCCc1nnc(NC(=O)CCCOc2ccccc2F)s1. The molecule has 130 valence electrons. The standard InChI is InChI=1S/C17H22FN3O2S/c1-2-3-4-11-16-20-21-17(24-16)19-15(22)10-7-12-23-14-9-6-5-8-13(14)18/h5-6,8-9H,2-4,7,10-12H2,1H3,(H,19,21,22). The maximum atomic E-state index is 13.4. The second kappa shape index (κ2) is 9.97. The van der Waals surface area contributed by atoms with Crippen LogP contribution in [-0.2, 0) is 11.2 Å². The van der Waals surface area contributed by atoms with Crippen LogP contribution in [0.5, 0.6) is 5.75 Å². The first kappa shape index (κ1) is 18.3. The number of nitrogens with one attached hydrogen (secondary N) is 1. The van der Waals surface area contributed by atoms with Gasteiger partial charge in [0, 0.05) is 12.8 Å². The zero-order valence-corrected chi connectivity index (χ0v) is 14.6. The molecule has 0 fully saturated rings. The van der Waals surface area contributed by atoms with Crippen LogP contribution in [0.3, 0.4) is 0 Å². The Labute approximate surface area is 145 Å². The van der Waals surface area contributed by atoms with E-state index in [4.69, 9.17) is 4.74 Å². The molecule has 0 atom stereocenters. The quantitative estimate of drug-likeness (QED) is 0.651. The van der Waals surface area contributed by atoms with Gasteiger partial charge in [0.2, 0.25) is 11.0 Å². The minimum Gasteiger partial charge on any atom is -0.491 e. The Morgan fingerprint density at radius 1 is 1.25 bits per heavy atom. The lowest BCUT2D eigenvalue weighted by molar-refractivity contribution is -0.116. The van der Waals surface area contributed by atoms with E-state index in [1.54, 1.807) is 18.2 Å². The molecule has 0 unspecified atom stereocenters. The van der Waals surface area contributed by atoms with Crippen molar-refractivity contribution in [2.45, 2.75) is 45.4 Å². The third-order valence-corrected chi connectivity index (χ3v) is 4.25. The van der Waals surface area contributed by atoms with Gasteiger partial charge in [-0.25, -0.2) is 4.39 Å². The largest absolute Gasteiger partial charge is 0.491 e. The summed E-state index contributed by atoms with van der Waals surface area (Å²) in [6.45, 7) is 2.44. The van der Waals surface area contributed by atoms with Gasteiger partial charge in [0.05, 0.1) is 6.61 Å². The van der Waals surface area contributed by atoms with Crippen molar-refractivity contribution in [2.24, 2.45) is 0 Å². The maximum Gasteiger partial charge on any atom is 0.226 e. The molecule has 2 aromatic rings. The van der Waals surface area contributed by atoms with Crippen LogP contribution in [0.4, 0.5) is 9.52 Å². The van der Waals surface area contributed by atoms with Gasteiger partial charge in [-0.2, -0.15) is 0 Å². The average Bonchev–Trinajstić information content (AvgIpc) is 3.00. The highest BCUT2D eigenvalue weighted by molar-refractivity contribution is 7.15. The lowest BCUT2D eigenvalue weighted by Gasteiger charge is -2.06. The summed E-state index contributed by atoms with van der Waals surface area (Å²) in [5, 5.41) is 12.3. The third-order valence-electron chi connectivity index (χ3n) is 3.35. The summed E-state index contributed by atoms with van der Waals surface area (Å²) in [5.74, 6) is -0.325. The van der Waals surface area contributed by atoms with Gasteiger partial charge in [-0.3, -0.25) is 4.79 Å². The highest BCUT2D eigenvalue weighted by Gasteiger charge is 2.08. The van der Waals surface area contributed by atoms with E-state index in [0.717, 1.165) is 24.3 Å². The molecule has 7 heteroatoms. The fraction of sp³-hybridized carbons (Fsp3) is 0.471. The van der Waals surface area contributed by atoms with Gasteiger partial charge in [-0.15, -0.1) is 10.2 Å². The van der Waals surface area contributed by atoms with Gasteiger partial charge >= 0.3 is 0 Å². The summed E-state index contributed by atoms with van der Waals surface area (Å²) in [6.07, 6.45) is 5.12. The predicted octanol–water partition coefficient (Wildman–Crippen LogP) is 4.21. The molecule has 0 saturated carbocycles. The van der Waals surface area contributed by atoms with Crippen molar-refractivity contribution in [3.63, 3.8) is 0 Å². The minimum absolute atomic E-state index is 0.136.